The first-order valence-corrected chi connectivity index (χ1v) is 8.73. The highest BCUT2D eigenvalue weighted by Gasteiger charge is 2.26. The zero-order valence-electron chi connectivity index (χ0n) is 12.3. The molecule has 20 heavy (non-hydrogen) atoms. The van der Waals surface area contributed by atoms with E-state index in [9.17, 15) is 0 Å². The molecule has 2 atom stereocenters. The third kappa shape index (κ3) is 3.20. The molecule has 1 heterocycles. The maximum Gasteiger partial charge on any atom is 0.125 e. The van der Waals surface area contributed by atoms with Gasteiger partial charge in [-0.3, -0.25) is 0 Å². The van der Waals surface area contributed by atoms with E-state index in [1.54, 1.807) is 0 Å². The SMILES string of the molecule is CCCNC1CCC(Cc2cc(Br)cc3c2OCC3)C1. The van der Waals surface area contributed by atoms with Crippen LogP contribution in [0.1, 0.15) is 43.7 Å². The van der Waals surface area contributed by atoms with Crippen molar-refractivity contribution < 1.29 is 4.74 Å². The van der Waals surface area contributed by atoms with Crippen molar-refractivity contribution in [3.63, 3.8) is 0 Å². The molecule has 2 unspecified atom stereocenters. The Hall–Kier alpha value is -0.540. The quantitative estimate of drug-likeness (QED) is 0.873. The first-order chi connectivity index (χ1) is 9.76. The van der Waals surface area contributed by atoms with E-state index >= 15 is 0 Å². The van der Waals surface area contributed by atoms with Gasteiger partial charge in [-0.15, -0.1) is 0 Å². The van der Waals surface area contributed by atoms with E-state index in [4.69, 9.17) is 4.74 Å². The van der Waals surface area contributed by atoms with Crippen LogP contribution in [-0.2, 0) is 12.8 Å². The topological polar surface area (TPSA) is 21.3 Å². The van der Waals surface area contributed by atoms with Crippen LogP contribution in [0.15, 0.2) is 16.6 Å². The summed E-state index contributed by atoms with van der Waals surface area (Å²) in [5, 5.41) is 3.67. The van der Waals surface area contributed by atoms with E-state index < -0.39 is 0 Å². The second-order valence-electron chi connectivity index (χ2n) is 6.19. The van der Waals surface area contributed by atoms with Gasteiger partial charge in [0.15, 0.2) is 0 Å². The molecule has 1 aliphatic carbocycles. The molecule has 2 nitrogen and oxygen atoms in total. The molecule has 1 aromatic carbocycles. The smallest absolute Gasteiger partial charge is 0.125 e. The number of fused-ring (bicyclic) bond motifs is 1. The molecule has 1 aromatic rings. The average Bonchev–Trinajstić information content (AvgIpc) is 3.05. The highest BCUT2D eigenvalue weighted by molar-refractivity contribution is 9.10. The fraction of sp³-hybridized carbons (Fsp3) is 0.647. The van der Waals surface area contributed by atoms with Crippen LogP contribution in [-0.4, -0.2) is 19.2 Å². The normalized spacial score (nSPS) is 24.7. The molecule has 3 heteroatoms. The van der Waals surface area contributed by atoms with Crippen molar-refractivity contribution in [1.82, 2.24) is 5.32 Å². The Morgan fingerprint density at radius 2 is 2.25 bits per heavy atom. The van der Waals surface area contributed by atoms with Gasteiger partial charge in [0.1, 0.15) is 5.75 Å². The third-order valence-corrected chi connectivity index (χ3v) is 5.02. The van der Waals surface area contributed by atoms with Gasteiger partial charge in [0.2, 0.25) is 0 Å². The van der Waals surface area contributed by atoms with E-state index in [1.165, 1.54) is 53.5 Å². The molecule has 1 fully saturated rings. The molecule has 3 rings (SSSR count). The zero-order chi connectivity index (χ0) is 13.9. The number of benzene rings is 1. The summed E-state index contributed by atoms with van der Waals surface area (Å²) in [6.07, 6.45) is 7.47. The van der Waals surface area contributed by atoms with Gasteiger partial charge in [-0.05, 0) is 67.8 Å². The van der Waals surface area contributed by atoms with Crippen molar-refractivity contribution in [3.8, 4) is 5.75 Å². The Kier molecular flexibility index (Phi) is 4.67. The predicted molar refractivity (Wildman–Crippen MR) is 86.5 cm³/mol. The van der Waals surface area contributed by atoms with Crippen LogP contribution in [0.5, 0.6) is 5.75 Å². The Labute approximate surface area is 130 Å². The van der Waals surface area contributed by atoms with Gasteiger partial charge < -0.3 is 10.1 Å². The number of halogens is 1. The summed E-state index contributed by atoms with van der Waals surface area (Å²) in [7, 11) is 0. The van der Waals surface area contributed by atoms with Gasteiger partial charge in [0.05, 0.1) is 6.61 Å². The Bertz CT molecular complexity index is 474. The van der Waals surface area contributed by atoms with E-state index in [0.29, 0.717) is 0 Å². The molecular formula is C17H24BrNO. The van der Waals surface area contributed by atoms with Crippen molar-refractivity contribution >= 4 is 15.9 Å². The van der Waals surface area contributed by atoms with Crippen molar-refractivity contribution in [2.24, 2.45) is 5.92 Å². The van der Waals surface area contributed by atoms with Crippen LogP contribution in [0.4, 0.5) is 0 Å². The number of ether oxygens (including phenoxy) is 1. The van der Waals surface area contributed by atoms with E-state index in [-0.39, 0.29) is 0 Å². The summed E-state index contributed by atoms with van der Waals surface area (Å²) in [5.74, 6) is 1.99. The second-order valence-corrected chi connectivity index (χ2v) is 7.10. The lowest BCUT2D eigenvalue weighted by atomic mass is 9.95. The van der Waals surface area contributed by atoms with Gasteiger partial charge in [-0.1, -0.05) is 22.9 Å². The molecule has 0 radical (unpaired) electrons. The van der Waals surface area contributed by atoms with Gasteiger partial charge in [0, 0.05) is 16.9 Å². The van der Waals surface area contributed by atoms with E-state index in [1.807, 2.05) is 0 Å². The van der Waals surface area contributed by atoms with Gasteiger partial charge in [-0.25, -0.2) is 0 Å². The summed E-state index contributed by atoms with van der Waals surface area (Å²) in [6, 6.07) is 5.21. The van der Waals surface area contributed by atoms with Gasteiger partial charge in [0.25, 0.3) is 0 Å². The van der Waals surface area contributed by atoms with Crippen LogP contribution >= 0.6 is 15.9 Å². The van der Waals surface area contributed by atoms with Gasteiger partial charge in [-0.2, -0.15) is 0 Å². The first kappa shape index (κ1) is 14.4. The van der Waals surface area contributed by atoms with Crippen LogP contribution in [0.2, 0.25) is 0 Å². The highest BCUT2D eigenvalue weighted by atomic mass is 79.9. The Morgan fingerprint density at radius 1 is 1.35 bits per heavy atom. The molecule has 1 saturated carbocycles. The Balaban J connectivity index is 1.64. The van der Waals surface area contributed by atoms with Crippen LogP contribution in [0.25, 0.3) is 0 Å². The lowest BCUT2D eigenvalue weighted by Gasteiger charge is -2.15. The molecule has 2 aliphatic rings. The Morgan fingerprint density at radius 3 is 3.10 bits per heavy atom. The first-order valence-electron chi connectivity index (χ1n) is 7.93. The molecular weight excluding hydrogens is 314 g/mol. The monoisotopic (exact) mass is 337 g/mol. The molecule has 1 aliphatic heterocycles. The summed E-state index contributed by atoms with van der Waals surface area (Å²) in [5.41, 5.74) is 2.79. The molecule has 110 valence electrons. The minimum atomic E-state index is 0.737. The zero-order valence-corrected chi connectivity index (χ0v) is 13.8. The van der Waals surface area contributed by atoms with E-state index in [2.05, 4.69) is 40.3 Å². The second kappa shape index (κ2) is 6.48. The molecule has 0 bridgehead atoms. The van der Waals surface area contributed by atoms with Crippen LogP contribution < -0.4 is 10.1 Å². The third-order valence-electron chi connectivity index (χ3n) is 4.56. The molecule has 0 saturated heterocycles. The number of rotatable bonds is 5. The molecule has 1 N–H and O–H groups in total. The number of hydrogen-bond donors (Lipinski definition) is 1. The summed E-state index contributed by atoms with van der Waals surface area (Å²) >= 11 is 3.64. The standard InChI is InChI=1S/C17H24BrNO/c1-2-6-19-16-4-3-12(9-16)8-14-11-15(18)10-13-5-7-20-17(13)14/h10-12,16,19H,2-9H2,1H3. The summed E-state index contributed by atoms with van der Waals surface area (Å²) in [6.45, 7) is 4.25. The van der Waals surface area contributed by atoms with Crippen molar-refractivity contribution in [1.29, 1.82) is 0 Å². The maximum atomic E-state index is 5.85. The van der Waals surface area contributed by atoms with Crippen molar-refractivity contribution in [2.75, 3.05) is 13.2 Å². The van der Waals surface area contributed by atoms with Crippen molar-refractivity contribution in [2.45, 2.75) is 51.5 Å². The lowest BCUT2D eigenvalue weighted by molar-refractivity contribution is 0.350. The maximum absolute atomic E-state index is 5.85. The molecule has 0 spiro atoms. The lowest BCUT2D eigenvalue weighted by Crippen LogP contribution is -2.27. The van der Waals surface area contributed by atoms with E-state index in [0.717, 1.165) is 31.5 Å². The number of nitrogens with one attached hydrogen (secondary N) is 1. The molecule has 0 aromatic heterocycles. The number of hydrogen-bond acceptors (Lipinski definition) is 2. The largest absolute Gasteiger partial charge is 0.493 e. The molecule has 0 amide bonds. The summed E-state index contributed by atoms with van der Waals surface area (Å²) < 4.78 is 7.05. The fourth-order valence-corrected chi connectivity index (χ4v) is 4.16. The highest BCUT2D eigenvalue weighted by Crippen LogP contribution is 2.37. The minimum Gasteiger partial charge on any atom is -0.493 e. The minimum absolute atomic E-state index is 0.737. The van der Waals surface area contributed by atoms with Crippen LogP contribution in [0.3, 0.4) is 0 Å². The fourth-order valence-electron chi connectivity index (χ4n) is 3.60. The van der Waals surface area contributed by atoms with Crippen LogP contribution in [0, 0.1) is 5.92 Å². The summed E-state index contributed by atoms with van der Waals surface area (Å²) in [4.78, 5) is 0. The predicted octanol–water partition coefficient (Wildman–Crippen LogP) is 4.09. The van der Waals surface area contributed by atoms with Crippen molar-refractivity contribution in [3.05, 3.63) is 27.7 Å². The average molecular weight is 338 g/mol. The van der Waals surface area contributed by atoms with Gasteiger partial charge >= 0.3 is 0 Å².